The van der Waals surface area contributed by atoms with Crippen molar-refractivity contribution in [3.8, 4) is 0 Å². The Hall–Kier alpha value is -0.603. The average Bonchev–Trinajstić information content (AvgIpc) is 2.66. The monoisotopic (exact) mass is 409 g/mol. The number of carbonyl (C=O) groups is 1. The Bertz CT molecular complexity index is 501. The maximum absolute atomic E-state index is 14.1. The number of likely N-dealkylation sites (tertiary alicyclic amines) is 1. The number of rotatable bonds is 7. The third-order valence-electron chi connectivity index (χ3n) is 7.12. The molecule has 0 unspecified atom stereocenters. The van der Waals surface area contributed by atoms with E-state index in [1.807, 2.05) is 20.8 Å². The first kappa shape index (κ1) is 22.7. The van der Waals surface area contributed by atoms with Crippen molar-refractivity contribution in [2.45, 2.75) is 101 Å². The summed E-state index contributed by atoms with van der Waals surface area (Å²) in [5.41, 5.74) is -3.11. The predicted molar refractivity (Wildman–Crippen MR) is 101 cm³/mol. The number of alkyl halides is 3. The third-order valence-corrected chi connectivity index (χ3v) is 11.8. The Labute approximate surface area is 161 Å². The molecule has 0 aromatic carbocycles. The van der Waals surface area contributed by atoms with Gasteiger partial charge in [0.15, 0.2) is 13.9 Å². The van der Waals surface area contributed by atoms with Crippen LogP contribution in [0.5, 0.6) is 0 Å². The summed E-state index contributed by atoms with van der Waals surface area (Å²) in [5.74, 6) is -0.887. The quantitative estimate of drug-likeness (QED) is 0.588. The fourth-order valence-corrected chi connectivity index (χ4v) is 8.00. The molecule has 0 aromatic heterocycles. The highest BCUT2D eigenvalue weighted by molar-refractivity contribution is 6.73. The minimum Gasteiger partial charge on any atom is -0.480 e. The van der Waals surface area contributed by atoms with Crippen molar-refractivity contribution in [3.63, 3.8) is 0 Å². The molecule has 2 rings (SSSR count). The SMILES string of the molecule is CC[Si](CC)(CC)OC1(C(F)(F)F)CCN(C2(C(=O)O)CCCCC2)CC1. The van der Waals surface area contributed by atoms with Crippen molar-refractivity contribution in [1.29, 1.82) is 0 Å². The summed E-state index contributed by atoms with van der Waals surface area (Å²) in [5, 5.41) is 9.84. The van der Waals surface area contributed by atoms with Crippen molar-refractivity contribution >= 4 is 14.3 Å². The third kappa shape index (κ3) is 4.22. The fourth-order valence-electron chi connectivity index (χ4n) is 4.92. The van der Waals surface area contributed by atoms with Crippen molar-refractivity contribution in [2.75, 3.05) is 13.1 Å². The van der Waals surface area contributed by atoms with Gasteiger partial charge in [-0.1, -0.05) is 40.0 Å². The first-order valence-corrected chi connectivity index (χ1v) is 12.9. The Kier molecular flexibility index (Phi) is 7.07. The molecule has 1 saturated carbocycles. The lowest BCUT2D eigenvalue weighted by atomic mass is 9.78. The number of aliphatic carboxylic acids is 1. The Morgan fingerprint density at radius 3 is 1.85 bits per heavy atom. The van der Waals surface area contributed by atoms with Crippen LogP contribution in [-0.4, -0.2) is 54.7 Å². The lowest BCUT2D eigenvalue weighted by Gasteiger charge is -2.52. The van der Waals surface area contributed by atoms with E-state index in [0.717, 1.165) is 19.3 Å². The van der Waals surface area contributed by atoms with Gasteiger partial charge in [-0.3, -0.25) is 9.69 Å². The summed E-state index contributed by atoms with van der Waals surface area (Å²) in [6.07, 6.45) is -1.07. The largest absolute Gasteiger partial charge is 0.480 e. The summed E-state index contributed by atoms with van der Waals surface area (Å²) >= 11 is 0. The number of carboxylic acid groups (broad SMARTS) is 1. The van der Waals surface area contributed by atoms with Gasteiger partial charge in [-0.25, -0.2) is 0 Å². The smallest absolute Gasteiger partial charge is 0.416 e. The molecule has 158 valence electrons. The van der Waals surface area contributed by atoms with Gasteiger partial charge in [0.05, 0.1) is 0 Å². The minimum atomic E-state index is -4.43. The fraction of sp³-hybridized carbons (Fsp3) is 0.947. The van der Waals surface area contributed by atoms with E-state index in [1.54, 1.807) is 4.90 Å². The van der Waals surface area contributed by atoms with Gasteiger partial charge in [0.1, 0.15) is 5.54 Å². The Morgan fingerprint density at radius 1 is 1.00 bits per heavy atom. The molecule has 0 bridgehead atoms. The average molecular weight is 410 g/mol. The van der Waals surface area contributed by atoms with Crippen molar-refractivity contribution < 1.29 is 27.5 Å². The van der Waals surface area contributed by atoms with Crippen LogP contribution in [-0.2, 0) is 9.22 Å². The zero-order valence-electron chi connectivity index (χ0n) is 16.8. The van der Waals surface area contributed by atoms with Crippen LogP contribution in [0.4, 0.5) is 13.2 Å². The molecule has 1 N–H and O–H groups in total. The molecule has 8 heteroatoms. The van der Waals surface area contributed by atoms with Crippen LogP contribution in [0, 0.1) is 0 Å². The molecular formula is C19H34F3NO3Si. The lowest BCUT2D eigenvalue weighted by Crippen LogP contribution is -2.65. The second-order valence-electron chi connectivity index (χ2n) is 8.22. The van der Waals surface area contributed by atoms with E-state index in [0.29, 0.717) is 31.0 Å². The highest BCUT2D eigenvalue weighted by atomic mass is 28.4. The maximum atomic E-state index is 14.1. The van der Waals surface area contributed by atoms with Gasteiger partial charge in [-0.05, 0) is 43.8 Å². The van der Waals surface area contributed by atoms with Crippen LogP contribution < -0.4 is 0 Å². The van der Waals surface area contributed by atoms with E-state index >= 15 is 0 Å². The lowest BCUT2D eigenvalue weighted by molar-refractivity contribution is -0.268. The van der Waals surface area contributed by atoms with E-state index in [2.05, 4.69) is 0 Å². The Morgan fingerprint density at radius 2 is 1.48 bits per heavy atom. The number of carboxylic acids is 1. The second-order valence-corrected chi connectivity index (χ2v) is 12.9. The molecule has 0 spiro atoms. The molecule has 1 heterocycles. The van der Waals surface area contributed by atoms with E-state index in [-0.39, 0.29) is 25.9 Å². The van der Waals surface area contributed by atoms with Crippen LogP contribution in [0.25, 0.3) is 0 Å². The second kappa shape index (κ2) is 8.41. The maximum Gasteiger partial charge on any atom is 0.416 e. The molecule has 2 fully saturated rings. The molecule has 0 radical (unpaired) electrons. The minimum absolute atomic E-state index is 0.132. The van der Waals surface area contributed by atoms with Gasteiger partial charge < -0.3 is 9.53 Å². The highest BCUT2D eigenvalue weighted by Crippen LogP contribution is 2.47. The van der Waals surface area contributed by atoms with Gasteiger partial charge in [0.25, 0.3) is 0 Å². The topological polar surface area (TPSA) is 49.8 Å². The van der Waals surface area contributed by atoms with Gasteiger partial charge >= 0.3 is 12.1 Å². The Balaban J connectivity index is 2.24. The summed E-state index contributed by atoms with van der Waals surface area (Å²) in [6, 6.07) is 2.00. The van der Waals surface area contributed by atoms with Crippen LogP contribution in [0.15, 0.2) is 0 Å². The molecule has 2 aliphatic rings. The molecule has 1 aliphatic carbocycles. The van der Waals surface area contributed by atoms with Crippen LogP contribution in [0.2, 0.25) is 18.1 Å². The molecular weight excluding hydrogens is 375 g/mol. The molecule has 0 amide bonds. The molecule has 0 aromatic rings. The van der Waals surface area contributed by atoms with E-state index in [4.69, 9.17) is 4.43 Å². The first-order chi connectivity index (χ1) is 12.6. The summed E-state index contributed by atoms with van der Waals surface area (Å²) < 4.78 is 48.4. The van der Waals surface area contributed by atoms with Gasteiger partial charge in [-0.15, -0.1) is 0 Å². The van der Waals surface area contributed by atoms with Gasteiger partial charge in [0.2, 0.25) is 0 Å². The molecule has 1 saturated heterocycles. The summed E-state index contributed by atoms with van der Waals surface area (Å²) in [7, 11) is -2.44. The molecule has 27 heavy (non-hydrogen) atoms. The standard InChI is InChI=1S/C19H34F3NO3Si/c1-4-27(5-2,6-3)26-18(19(20,21)22)12-14-23(15-13-18)17(16(24)25)10-8-7-9-11-17/h4-15H2,1-3H3,(H,24,25). The highest BCUT2D eigenvalue weighted by Gasteiger charge is 2.61. The molecule has 1 aliphatic heterocycles. The van der Waals surface area contributed by atoms with Crippen molar-refractivity contribution in [2.24, 2.45) is 0 Å². The summed E-state index contributed by atoms with van der Waals surface area (Å²) in [4.78, 5) is 13.8. The number of hydrogen-bond donors (Lipinski definition) is 1. The predicted octanol–water partition coefficient (Wildman–Crippen LogP) is 5.19. The van der Waals surface area contributed by atoms with Gasteiger partial charge in [-0.2, -0.15) is 13.2 Å². The number of halogens is 3. The number of hydrogen-bond acceptors (Lipinski definition) is 3. The van der Waals surface area contributed by atoms with Crippen molar-refractivity contribution in [1.82, 2.24) is 4.90 Å². The summed E-state index contributed by atoms with van der Waals surface area (Å²) in [6.45, 7) is 6.06. The number of nitrogens with zero attached hydrogens (tertiary/aromatic N) is 1. The van der Waals surface area contributed by atoms with E-state index < -0.39 is 31.6 Å². The van der Waals surface area contributed by atoms with Crippen LogP contribution in [0.3, 0.4) is 0 Å². The molecule has 4 nitrogen and oxygen atoms in total. The van der Waals surface area contributed by atoms with Crippen LogP contribution in [0.1, 0.15) is 65.7 Å². The molecule has 0 atom stereocenters. The van der Waals surface area contributed by atoms with Gasteiger partial charge in [0, 0.05) is 13.1 Å². The van der Waals surface area contributed by atoms with Crippen molar-refractivity contribution in [3.05, 3.63) is 0 Å². The zero-order valence-corrected chi connectivity index (χ0v) is 17.8. The van der Waals surface area contributed by atoms with E-state index in [9.17, 15) is 23.1 Å². The van der Waals surface area contributed by atoms with E-state index in [1.165, 1.54) is 0 Å². The first-order valence-electron chi connectivity index (χ1n) is 10.4. The van der Waals surface area contributed by atoms with Crippen LogP contribution >= 0.6 is 0 Å². The normalized spacial score (nSPS) is 23.9. The zero-order chi connectivity index (χ0) is 20.3. The number of piperidine rings is 1.